The smallest absolute Gasteiger partial charge is 0.345 e. The topological polar surface area (TPSA) is 102 Å². The first kappa shape index (κ1) is 19.3. The first-order chi connectivity index (χ1) is 11.6. The number of amides is 1. The third-order valence-electron chi connectivity index (χ3n) is 3.85. The van der Waals surface area contributed by atoms with Gasteiger partial charge in [0.15, 0.2) is 0 Å². The van der Waals surface area contributed by atoms with Crippen molar-refractivity contribution in [1.82, 2.24) is 9.97 Å². The highest BCUT2D eigenvalue weighted by Gasteiger charge is 2.25. The number of nitrogens with two attached hydrogens (primary N) is 1. The summed E-state index contributed by atoms with van der Waals surface area (Å²) in [5, 5.41) is 6.33. The van der Waals surface area contributed by atoms with Gasteiger partial charge in [0, 0.05) is 17.8 Å². The van der Waals surface area contributed by atoms with E-state index in [1.54, 1.807) is 0 Å². The van der Waals surface area contributed by atoms with Crippen molar-refractivity contribution >= 4 is 17.7 Å². The average Bonchev–Trinajstić information content (AvgIpc) is 2.47. The molecule has 0 radical (unpaired) electrons. The van der Waals surface area contributed by atoms with Crippen molar-refractivity contribution in [3.05, 3.63) is 11.8 Å². The molecule has 1 fully saturated rings. The number of primary amides is 1. The molecule has 1 aliphatic rings. The molecule has 0 unspecified atom stereocenters. The summed E-state index contributed by atoms with van der Waals surface area (Å²) in [6.45, 7) is 3.09. The van der Waals surface area contributed by atoms with Crippen LogP contribution in [-0.2, 0) is 4.74 Å². The van der Waals surface area contributed by atoms with E-state index in [1.165, 1.54) is 6.20 Å². The lowest BCUT2D eigenvalue weighted by molar-refractivity contribution is -0.169. The van der Waals surface area contributed by atoms with Crippen molar-refractivity contribution in [3.8, 4) is 0 Å². The van der Waals surface area contributed by atoms with Crippen molar-refractivity contribution in [2.24, 2.45) is 5.73 Å². The number of nitrogens with zero attached hydrogens (tertiary/aromatic N) is 2. The van der Waals surface area contributed by atoms with Crippen molar-refractivity contribution in [1.29, 1.82) is 0 Å². The Morgan fingerprint density at radius 2 is 1.96 bits per heavy atom. The van der Waals surface area contributed by atoms with E-state index in [4.69, 9.17) is 5.73 Å². The second-order valence-electron chi connectivity index (χ2n) is 7.21. The molecule has 0 aromatic carbocycles. The maximum Gasteiger partial charge on any atom is 0.345 e. The Morgan fingerprint density at radius 3 is 2.48 bits per heavy atom. The summed E-state index contributed by atoms with van der Waals surface area (Å²) in [5.41, 5.74) is 5.28. The van der Waals surface area contributed by atoms with Crippen LogP contribution >= 0.6 is 0 Å². The molecular weight excluding hydrogens is 332 g/mol. The molecule has 0 bridgehead atoms. The van der Waals surface area contributed by atoms with E-state index in [0.29, 0.717) is 37.4 Å². The lowest BCUT2D eigenvalue weighted by Crippen LogP contribution is -2.32. The number of rotatable bonds is 6. The van der Waals surface area contributed by atoms with Gasteiger partial charge in [-0.3, -0.25) is 4.79 Å². The van der Waals surface area contributed by atoms with E-state index >= 15 is 0 Å². The van der Waals surface area contributed by atoms with Crippen LogP contribution in [0.25, 0.3) is 0 Å². The molecule has 1 heterocycles. The van der Waals surface area contributed by atoms with Crippen molar-refractivity contribution in [3.63, 3.8) is 0 Å². The van der Waals surface area contributed by atoms with Gasteiger partial charge < -0.3 is 21.1 Å². The number of ether oxygens (including phenoxy) is 1. The second kappa shape index (κ2) is 7.90. The van der Waals surface area contributed by atoms with Gasteiger partial charge in [0.25, 0.3) is 5.91 Å². The number of carbonyl (C=O) groups is 1. The van der Waals surface area contributed by atoms with Crippen LogP contribution in [-0.4, -0.2) is 40.2 Å². The van der Waals surface area contributed by atoms with Crippen molar-refractivity contribution in [2.75, 3.05) is 10.6 Å². The maximum atomic E-state index is 12.2. The minimum Gasteiger partial charge on any atom is -0.365 e. The number of nitrogens with one attached hydrogen (secondary N) is 2. The predicted octanol–water partition coefficient (Wildman–Crippen LogP) is 2.75. The zero-order valence-electron chi connectivity index (χ0n) is 14.7. The zero-order chi connectivity index (χ0) is 18.6. The van der Waals surface area contributed by atoms with Gasteiger partial charge >= 0.3 is 6.61 Å². The third-order valence-corrected chi connectivity index (χ3v) is 3.85. The molecule has 0 spiro atoms. The Bertz CT molecular complexity index is 599. The van der Waals surface area contributed by atoms with Crippen molar-refractivity contribution in [2.45, 2.75) is 70.8 Å². The molecule has 1 aromatic rings. The molecule has 1 saturated carbocycles. The fraction of sp³-hybridized carbons (Fsp3) is 0.688. The molecule has 140 valence electrons. The molecular formula is C16H25F2N5O2. The SMILES string of the molecule is CC(C)(C)Nc1nc(N[C@H]2CC[C@H](OC(F)F)CC2)ncc1C(N)=O. The van der Waals surface area contributed by atoms with Gasteiger partial charge in [-0.25, -0.2) is 4.98 Å². The second-order valence-corrected chi connectivity index (χ2v) is 7.21. The average molecular weight is 357 g/mol. The largest absolute Gasteiger partial charge is 0.365 e. The normalized spacial score (nSPS) is 21.2. The highest BCUT2D eigenvalue weighted by atomic mass is 19.3. The molecule has 9 heteroatoms. The Labute approximate surface area is 145 Å². The predicted molar refractivity (Wildman–Crippen MR) is 90.7 cm³/mol. The van der Waals surface area contributed by atoms with Crippen molar-refractivity contribution < 1.29 is 18.3 Å². The van der Waals surface area contributed by atoms with Gasteiger partial charge in [-0.2, -0.15) is 13.8 Å². The molecule has 2 rings (SSSR count). The number of hydrogen-bond donors (Lipinski definition) is 3. The summed E-state index contributed by atoms with van der Waals surface area (Å²) in [6, 6.07) is 0.0689. The van der Waals surface area contributed by atoms with Gasteiger partial charge in [0.2, 0.25) is 5.95 Å². The molecule has 1 aromatic heterocycles. The minimum atomic E-state index is -2.73. The molecule has 4 N–H and O–H groups in total. The number of alkyl halides is 2. The van der Waals surface area contributed by atoms with E-state index in [2.05, 4.69) is 25.3 Å². The first-order valence-electron chi connectivity index (χ1n) is 8.29. The summed E-state index contributed by atoms with van der Waals surface area (Å²) in [7, 11) is 0. The molecule has 1 amide bonds. The number of carbonyl (C=O) groups excluding carboxylic acids is 1. The van der Waals surface area contributed by atoms with E-state index in [1.807, 2.05) is 20.8 Å². The summed E-state index contributed by atoms with van der Waals surface area (Å²) in [5.74, 6) is 0.130. The van der Waals surface area contributed by atoms with Crippen LogP contribution in [0.2, 0.25) is 0 Å². The lowest BCUT2D eigenvalue weighted by Gasteiger charge is -2.29. The summed E-state index contributed by atoms with van der Waals surface area (Å²) in [4.78, 5) is 20.0. The van der Waals surface area contributed by atoms with Crippen LogP contribution in [0.1, 0.15) is 56.8 Å². The molecule has 0 saturated heterocycles. The summed E-state index contributed by atoms with van der Waals surface area (Å²) in [6.07, 6.45) is 3.44. The highest BCUT2D eigenvalue weighted by Crippen LogP contribution is 2.25. The summed E-state index contributed by atoms with van der Waals surface area (Å²) >= 11 is 0. The lowest BCUT2D eigenvalue weighted by atomic mass is 9.93. The van der Waals surface area contributed by atoms with E-state index in [0.717, 1.165) is 0 Å². The fourth-order valence-electron chi connectivity index (χ4n) is 2.75. The van der Waals surface area contributed by atoms with Gasteiger partial charge in [-0.15, -0.1) is 0 Å². The minimum absolute atomic E-state index is 0.0689. The summed E-state index contributed by atoms with van der Waals surface area (Å²) < 4.78 is 29.0. The van der Waals surface area contributed by atoms with Crippen LogP contribution in [0, 0.1) is 0 Å². The standard InChI is InChI=1S/C16H25F2N5O2/c1-16(2,3)23-13-11(12(19)24)8-20-15(22-13)21-9-4-6-10(7-5-9)25-14(17)18/h8-10,14H,4-7H2,1-3H3,(H2,19,24)(H2,20,21,22,23)/t9-,10-. The zero-order valence-corrected chi connectivity index (χ0v) is 14.7. The Balaban J connectivity index is 2.03. The van der Waals surface area contributed by atoms with Crippen LogP contribution in [0.5, 0.6) is 0 Å². The molecule has 1 aliphatic carbocycles. The first-order valence-corrected chi connectivity index (χ1v) is 8.29. The maximum absolute atomic E-state index is 12.2. The molecule has 25 heavy (non-hydrogen) atoms. The monoisotopic (exact) mass is 357 g/mol. The van der Waals surface area contributed by atoms with Crippen LogP contribution in [0.15, 0.2) is 6.20 Å². The quantitative estimate of drug-likeness (QED) is 0.723. The number of hydrogen-bond acceptors (Lipinski definition) is 6. The third kappa shape index (κ3) is 6.08. The van der Waals surface area contributed by atoms with Gasteiger partial charge in [0.1, 0.15) is 5.82 Å². The van der Waals surface area contributed by atoms with Crippen LogP contribution in [0.3, 0.4) is 0 Å². The van der Waals surface area contributed by atoms with Crippen LogP contribution in [0.4, 0.5) is 20.5 Å². The molecule has 7 nitrogen and oxygen atoms in total. The molecule has 0 aliphatic heterocycles. The fourth-order valence-corrected chi connectivity index (χ4v) is 2.75. The molecule has 0 atom stereocenters. The number of anilines is 2. The number of aromatic nitrogens is 2. The number of halogens is 2. The van der Waals surface area contributed by atoms with Gasteiger partial charge in [-0.1, -0.05) is 0 Å². The van der Waals surface area contributed by atoms with E-state index in [9.17, 15) is 13.6 Å². The highest BCUT2D eigenvalue weighted by molar-refractivity contribution is 5.97. The van der Waals surface area contributed by atoms with Gasteiger partial charge in [0.05, 0.1) is 11.7 Å². The Hall–Kier alpha value is -2.03. The van der Waals surface area contributed by atoms with E-state index in [-0.39, 0.29) is 17.1 Å². The van der Waals surface area contributed by atoms with Gasteiger partial charge in [-0.05, 0) is 46.5 Å². The Kier molecular flexibility index (Phi) is 6.10. The Morgan fingerprint density at radius 1 is 1.32 bits per heavy atom. The van der Waals surface area contributed by atoms with Crippen LogP contribution < -0.4 is 16.4 Å². The van der Waals surface area contributed by atoms with E-state index < -0.39 is 18.6 Å².